The van der Waals surface area contributed by atoms with E-state index in [-0.39, 0.29) is 10.6 Å². The third-order valence-electron chi connectivity index (χ3n) is 5.83. The first-order valence-corrected chi connectivity index (χ1v) is 11.0. The van der Waals surface area contributed by atoms with Crippen molar-refractivity contribution in [3.63, 3.8) is 0 Å². The highest BCUT2D eigenvalue weighted by molar-refractivity contribution is 6.36. The molecule has 7 nitrogen and oxygen atoms in total. The molecule has 2 aromatic carbocycles. The van der Waals surface area contributed by atoms with Crippen molar-refractivity contribution < 1.29 is 23.9 Å². The third-order valence-corrected chi connectivity index (χ3v) is 6.37. The summed E-state index contributed by atoms with van der Waals surface area (Å²) in [6.45, 7) is -0.519. The van der Waals surface area contributed by atoms with E-state index >= 15 is 0 Å². The Hall–Kier alpha value is -3.16. The van der Waals surface area contributed by atoms with Crippen LogP contribution < -0.4 is 4.74 Å². The molecule has 1 fully saturated rings. The number of allylic oxidation sites excluding steroid dienone is 2. The minimum Gasteiger partial charge on any atom is -0.497 e. The maximum atomic E-state index is 13.5. The van der Waals surface area contributed by atoms with E-state index in [0.717, 1.165) is 10.0 Å². The number of nitrogens with zero attached hydrogens (tertiary/aromatic N) is 2. The number of hydrazine groups is 1. The van der Waals surface area contributed by atoms with Crippen LogP contribution in [0.3, 0.4) is 0 Å². The van der Waals surface area contributed by atoms with Crippen LogP contribution in [0, 0.1) is 11.8 Å². The van der Waals surface area contributed by atoms with Crippen molar-refractivity contribution in [1.82, 2.24) is 10.0 Å². The van der Waals surface area contributed by atoms with E-state index in [0.29, 0.717) is 29.2 Å². The number of Topliss-reactive ketones (excluding diaryl/α,β-unsaturated/α-hetero) is 1. The number of carbonyl (C=O) groups is 4. The van der Waals surface area contributed by atoms with Crippen LogP contribution in [0.25, 0.3) is 0 Å². The zero-order valence-electron chi connectivity index (χ0n) is 17.7. The zero-order chi connectivity index (χ0) is 23.7. The van der Waals surface area contributed by atoms with Crippen LogP contribution >= 0.6 is 23.2 Å². The predicted octanol–water partition coefficient (Wildman–Crippen LogP) is 4.19. The quantitative estimate of drug-likeness (QED) is 0.347. The van der Waals surface area contributed by atoms with Gasteiger partial charge in [0.25, 0.3) is 17.7 Å². The van der Waals surface area contributed by atoms with Gasteiger partial charge in [0.1, 0.15) is 12.3 Å². The van der Waals surface area contributed by atoms with Gasteiger partial charge in [0.15, 0.2) is 5.78 Å². The average Bonchev–Trinajstić information content (AvgIpc) is 3.07. The predicted molar refractivity (Wildman–Crippen MR) is 122 cm³/mol. The smallest absolute Gasteiger partial charge is 0.274 e. The minimum absolute atomic E-state index is 0.0252. The first-order chi connectivity index (χ1) is 15.8. The van der Waals surface area contributed by atoms with Gasteiger partial charge >= 0.3 is 0 Å². The Bertz CT molecular complexity index is 1140. The van der Waals surface area contributed by atoms with E-state index in [9.17, 15) is 19.2 Å². The zero-order valence-corrected chi connectivity index (χ0v) is 19.2. The second-order valence-corrected chi connectivity index (χ2v) is 8.63. The number of ether oxygens (including phenoxy) is 1. The molecular weight excluding hydrogens is 467 g/mol. The first kappa shape index (κ1) is 23.0. The standard InChI is InChI=1S/C24H20Cl2N2O5/c1-33-16-9-6-14(7-10-16)21(29)13-27(22(30)19-11-8-15(25)12-20(19)26)28-23(31)17-4-2-3-5-18(17)24(28)32/h2-3,6-12,17-18H,4-5,13H2,1H3/t17-,18+. The molecule has 0 saturated carbocycles. The highest BCUT2D eigenvalue weighted by Crippen LogP contribution is 2.36. The lowest BCUT2D eigenvalue weighted by Crippen LogP contribution is -2.52. The van der Waals surface area contributed by atoms with E-state index in [4.69, 9.17) is 27.9 Å². The lowest BCUT2D eigenvalue weighted by molar-refractivity contribution is -0.154. The molecule has 4 rings (SSSR count). The molecule has 33 heavy (non-hydrogen) atoms. The largest absolute Gasteiger partial charge is 0.497 e. The van der Waals surface area contributed by atoms with Gasteiger partial charge in [-0.15, -0.1) is 0 Å². The van der Waals surface area contributed by atoms with E-state index in [2.05, 4.69) is 0 Å². The van der Waals surface area contributed by atoms with Crippen molar-refractivity contribution >= 4 is 46.7 Å². The second kappa shape index (κ2) is 9.37. The van der Waals surface area contributed by atoms with Crippen molar-refractivity contribution in [3.05, 3.63) is 75.8 Å². The number of halogens is 2. The van der Waals surface area contributed by atoms with E-state index in [1.165, 1.54) is 25.3 Å². The molecule has 0 radical (unpaired) electrons. The monoisotopic (exact) mass is 486 g/mol. The summed E-state index contributed by atoms with van der Waals surface area (Å²) < 4.78 is 5.11. The number of benzene rings is 2. The molecule has 2 aliphatic rings. The summed E-state index contributed by atoms with van der Waals surface area (Å²) in [5, 5.41) is 2.08. The average molecular weight is 487 g/mol. The molecule has 0 unspecified atom stereocenters. The number of methoxy groups -OCH3 is 1. The Morgan fingerprint density at radius 3 is 2.15 bits per heavy atom. The molecule has 0 N–H and O–H groups in total. The molecule has 0 spiro atoms. The fourth-order valence-electron chi connectivity index (χ4n) is 4.06. The molecule has 2 atom stereocenters. The van der Waals surface area contributed by atoms with Gasteiger partial charge in [0.2, 0.25) is 0 Å². The molecular formula is C24H20Cl2N2O5. The number of amides is 3. The van der Waals surface area contributed by atoms with Crippen LogP contribution in [0.1, 0.15) is 33.6 Å². The first-order valence-electron chi connectivity index (χ1n) is 10.3. The van der Waals surface area contributed by atoms with Crippen LogP contribution in [-0.2, 0) is 9.59 Å². The number of fused-ring (bicyclic) bond motifs is 1. The molecule has 0 bridgehead atoms. The Morgan fingerprint density at radius 1 is 1.00 bits per heavy atom. The van der Waals surface area contributed by atoms with Gasteiger partial charge in [-0.25, -0.2) is 5.01 Å². The normalized spacial score (nSPS) is 19.4. The Labute approximate surface area is 200 Å². The maximum absolute atomic E-state index is 13.5. The lowest BCUT2D eigenvalue weighted by Gasteiger charge is -2.30. The Balaban J connectivity index is 1.70. The topological polar surface area (TPSA) is 84.0 Å². The summed E-state index contributed by atoms with van der Waals surface area (Å²) in [5.41, 5.74) is 0.325. The van der Waals surface area contributed by atoms with Crippen LogP contribution in [0.15, 0.2) is 54.6 Å². The number of hydrogen-bond donors (Lipinski definition) is 0. The summed E-state index contributed by atoms with van der Waals surface area (Å²) in [7, 11) is 1.51. The van der Waals surface area contributed by atoms with Crippen molar-refractivity contribution in [3.8, 4) is 5.75 Å². The minimum atomic E-state index is -0.744. The highest BCUT2D eigenvalue weighted by Gasteiger charge is 2.51. The van der Waals surface area contributed by atoms with Gasteiger partial charge in [0.05, 0.1) is 29.5 Å². The maximum Gasteiger partial charge on any atom is 0.274 e. The summed E-state index contributed by atoms with van der Waals surface area (Å²) in [4.78, 5) is 52.9. The van der Waals surface area contributed by atoms with Gasteiger partial charge in [-0.2, -0.15) is 5.01 Å². The number of imide groups is 1. The molecule has 1 aliphatic carbocycles. The second-order valence-electron chi connectivity index (χ2n) is 7.78. The van der Waals surface area contributed by atoms with Gasteiger partial charge < -0.3 is 4.74 Å². The highest BCUT2D eigenvalue weighted by atomic mass is 35.5. The molecule has 2 aromatic rings. The molecule has 170 valence electrons. The third kappa shape index (κ3) is 4.38. The molecule has 1 saturated heterocycles. The van der Waals surface area contributed by atoms with Crippen LogP contribution in [0.2, 0.25) is 10.0 Å². The van der Waals surface area contributed by atoms with Gasteiger partial charge in [-0.05, 0) is 55.3 Å². The van der Waals surface area contributed by atoms with Crippen molar-refractivity contribution in [2.24, 2.45) is 11.8 Å². The molecule has 1 aliphatic heterocycles. The fraction of sp³-hybridized carbons (Fsp3) is 0.250. The van der Waals surface area contributed by atoms with E-state index in [1.54, 1.807) is 24.3 Å². The van der Waals surface area contributed by atoms with E-state index < -0.39 is 41.9 Å². The number of hydrogen-bond acceptors (Lipinski definition) is 5. The Kier molecular flexibility index (Phi) is 6.54. The molecule has 0 aromatic heterocycles. The summed E-state index contributed by atoms with van der Waals surface area (Å²) in [5.74, 6) is -2.76. The number of rotatable bonds is 6. The van der Waals surface area contributed by atoms with Crippen molar-refractivity contribution in [2.75, 3.05) is 13.7 Å². The van der Waals surface area contributed by atoms with E-state index in [1.807, 2.05) is 12.2 Å². The molecule has 9 heteroatoms. The van der Waals surface area contributed by atoms with Gasteiger partial charge in [-0.3, -0.25) is 19.2 Å². The van der Waals surface area contributed by atoms with Gasteiger partial charge in [-0.1, -0.05) is 35.4 Å². The summed E-state index contributed by atoms with van der Waals surface area (Å²) >= 11 is 12.2. The summed E-state index contributed by atoms with van der Waals surface area (Å²) in [6, 6.07) is 10.6. The fourth-order valence-corrected chi connectivity index (χ4v) is 4.55. The number of ketones is 1. The van der Waals surface area contributed by atoms with Crippen LogP contribution in [0.5, 0.6) is 5.75 Å². The lowest BCUT2D eigenvalue weighted by atomic mass is 9.85. The molecule has 3 amide bonds. The SMILES string of the molecule is COc1ccc(C(=O)CN(C(=O)c2ccc(Cl)cc2Cl)N2C(=O)[C@H]3CC=CC[C@H]3C2=O)cc1. The van der Waals surface area contributed by atoms with Gasteiger partial charge in [0, 0.05) is 10.6 Å². The van der Waals surface area contributed by atoms with Crippen LogP contribution in [-0.4, -0.2) is 47.2 Å². The number of carbonyl (C=O) groups excluding carboxylic acids is 4. The molecule has 1 heterocycles. The summed E-state index contributed by atoms with van der Waals surface area (Å²) in [6.07, 6.45) is 4.50. The van der Waals surface area contributed by atoms with Crippen molar-refractivity contribution in [2.45, 2.75) is 12.8 Å². The van der Waals surface area contributed by atoms with Crippen LogP contribution in [0.4, 0.5) is 0 Å². The van der Waals surface area contributed by atoms with Crippen molar-refractivity contribution in [1.29, 1.82) is 0 Å². The Morgan fingerprint density at radius 2 is 1.61 bits per heavy atom.